The van der Waals surface area contributed by atoms with Gasteiger partial charge in [0, 0.05) is 24.4 Å². The summed E-state index contributed by atoms with van der Waals surface area (Å²) in [5.41, 5.74) is 1.28. The summed E-state index contributed by atoms with van der Waals surface area (Å²) in [6.07, 6.45) is 5.19. The molecule has 0 radical (unpaired) electrons. The highest BCUT2D eigenvalue weighted by molar-refractivity contribution is 5.85. The van der Waals surface area contributed by atoms with Crippen molar-refractivity contribution in [3.05, 3.63) is 42.2 Å². The van der Waals surface area contributed by atoms with Crippen LogP contribution in [-0.2, 0) is 4.74 Å². The number of aromatic nitrogens is 1. The van der Waals surface area contributed by atoms with E-state index in [1.165, 1.54) is 16.3 Å². The summed E-state index contributed by atoms with van der Waals surface area (Å²) in [6, 6.07) is 8.71. The van der Waals surface area contributed by atoms with Crippen LogP contribution in [0.2, 0.25) is 0 Å². The van der Waals surface area contributed by atoms with Gasteiger partial charge in [-0.15, -0.1) is 0 Å². The Labute approximate surface area is 114 Å². The van der Waals surface area contributed by atoms with Gasteiger partial charge in [0.15, 0.2) is 0 Å². The molecule has 3 atom stereocenters. The van der Waals surface area contributed by atoms with E-state index in [2.05, 4.69) is 41.5 Å². The minimum atomic E-state index is 0.227. The van der Waals surface area contributed by atoms with Crippen LogP contribution in [0.3, 0.4) is 0 Å². The largest absolute Gasteiger partial charge is 0.376 e. The van der Waals surface area contributed by atoms with E-state index in [4.69, 9.17) is 4.74 Å². The Bertz CT molecular complexity index is 564. The normalized spacial score (nSPS) is 24.7. The average Bonchev–Trinajstić information content (AvgIpc) is 2.86. The molecular weight excluding hydrogens is 236 g/mol. The van der Waals surface area contributed by atoms with Gasteiger partial charge in [0.1, 0.15) is 0 Å². The van der Waals surface area contributed by atoms with E-state index >= 15 is 0 Å². The molecule has 1 aliphatic heterocycles. The van der Waals surface area contributed by atoms with Crippen LogP contribution in [-0.4, -0.2) is 24.7 Å². The van der Waals surface area contributed by atoms with Gasteiger partial charge in [0.25, 0.3) is 0 Å². The highest BCUT2D eigenvalue weighted by Gasteiger charge is 2.32. The van der Waals surface area contributed by atoms with Crippen molar-refractivity contribution in [1.29, 1.82) is 0 Å². The molecule has 0 saturated carbocycles. The van der Waals surface area contributed by atoms with Gasteiger partial charge in [-0.1, -0.05) is 25.1 Å². The van der Waals surface area contributed by atoms with Gasteiger partial charge >= 0.3 is 0 Å². The van der Waals surface area contributed by atoms with E-state index in [9.17, 15) is 0 Å². The number of pyridine rings is 1. The zero-order valence-corrected chi connectivity index (χ0v) is 11.5. The standard InChI is InChI=1S/C16H20N2O/c1-11-7-9-19-16(11)15(17-2)13-5-3-4-12-6-8-18-10-14(12)13/h3-6,8,10-11,15-17H,7,9H2,1-2H3. The van der Waals surface area contributed by atoms with Crippen molar-refractivity contribution in [2.24, 2.45) is 5.92 Å². The fourth-order valence-electron chi connectivity index (χ4n) is 3.05. The van der Waals surface area contributed by atoms with Crippen molar-refractivity contribution in [3.63, 3.8) is 0 Å². The van der Waals surface area contributed by atoms with Crippen molar-refractivity contribution in [2.75, 3.05) is 13.7 Å². The number of nitrogens with zero attached hydrogens (tertiary/aromatic N) is 1. The molecule has 1 fully saturated rings. The number of hydrogen-bond acceptors (Lipinski definition) is 3. The summed E-state index contributed by atoms with van der Waals surface area (Å²) < 4.78 is 5.94. The van der Waals surface area contributed by atoms with E-state index in [0.717, 1.165) is 13.0 Å². The fourth-order valence-corrected chi connectivity index (χ4v) is 3.05. The Morgan fingerprint density at radius 1 is 1.37 bits per heavy atom. The van der Waals surface area contributed by atoms with Gasteiger partial charge in [-0.2, -0.15) is 0 Å². The molecule has 2 heterocycles. The molecule has 2 aromatic rings. The van der Waals surface area contributed by atoms with Gasteiger partial charge in [-0.25, -0.2) is 0 Å². The van der Waals surface area contributed by atoms with E-state index in [1.807, 2.05) is 19.4 Å². The van der Waals surface area contributed by atoms with E-state index in [-0.39, 0.29) is 12.1 Å². The lowest BCUT2D eigenvalue weighted by molar-refractivity contribution is 0.0635. The zero-order chi connectivity index (χ0) is 13.2. The van der Waals surface area contributed by atoms with Crippen LogP contribution in [0.1, 0.15) is 24.9 Å². The lowest BCUT2D eigenvalue weighted by Crippen LogP contribution is -2.32. The SMILES string of the molecule is CNC(c1cccc2ccncc12)C1OCCC1C. The first-order chi connectivity index (χ1) is 9.31. The zero-order valence-electron chi connectivity index (χ0n) is 11.5. The maximum Gasteiger partial charge on any atom is 0.0796 e. The summed E-state index contributed by atoms with van der Waals surface area (Å²) in [7, 11) is 2.01. The second-order valence-electron chi connectivity index (χ2n) is 5.31. The Morgan fingerprint density at radius 3 is 3.00 bits per heavy atom. The molecule has 0 aliphatic carbocycles. The molecule has 3 rings (SSSR count). The second-order valence-corrected chi connectivity index (χ2v) is 5.31. The first-order valence-corrected chi connectivity index (χ1v) is 6.93. The van der Waals surface area contributed by atoms with E-state index < -0.39 is 0 Å². The van der Waals surface area contributed by atoms with Gasteiger partial charge < -0.3 is 10.1 Å². The Morgan fingerprint density at radius 2 is 2.26 bits per heavy atom. The molecule has 0 amide bonds. The van der Waals surface area contributed by atoms with Crippen molar-refractivity contribution in [3.8, 4) is 0 Å². The van der Waals surface area contributed by atoms with Crippen LogP contribution >= 0.6 is 0 Å². The molecule has 19 heavy (non-hydrogen) atoms. The van der Waals surface area contributed by atoms with Crippen LogP contribution in [0.4, 0.5) is 0 Å². The number of rotatable bonds is 3. The molecule has 3 heteroatoms. The van der Waals surface area contributed by atoms with Crippen molar-refractivity contribution in [2.45, 2.75) is 25.5 Å². The number of benzene rings is 1. The number of likely N-dealkylation sites (N-methyl/N-ethyl adjacent to an activating group) is 1. The van der Waals surface area contributed by atoms with Gasteiger partial charge in [0.05, 0.1) is 12.1 Å². The van der Waals surface area contributed by atoms with Crippen molar-refractivity contribution in [1.82, 2.24) is 10.3 Å². The summed E-state index contributed by atoms with van der Waals surface area (Å²) in [5, 5.41) is 5.88. The molecule has 0 bridgehead atoms. The van der Waals surface area contributed by atoms with E-state index in [1.54, 1.807) is 0 Å². The van der Waals surface area contributed by atoms with Gasteiger partial charge in [-0.05, 0) is 36.4 Å². The summed E-state index contributed by atoms with van der Waals surface area (Å²) in [6.45, 7) is 3.14. The monoisotopic (exact) mass is 256 g/mol. The Balaban J connectivity index is 2.06. The Kier molecular flexibility index (Phi) is 3.49. The first-order valence-electron chi connectivity index (χ1n) is 6.93. The number of hydrogen-bond donors (Lipinski definition) is 1. The third-order valence-electron chi connectivity index (χ3n) is 4.14. The third kappa shape index (κ3) is 2.24. The summed E-state index contributed by atoms with van der Waals surface area (Å²) >= 11 is 0. The molecule has 1 N–H and O–H groups in total. The fraction of sp³-hybridized carbons (Fsp3) is 0.438. The first kappa shape index (κ1) is 12.6. The molecule has 3 unspecified atom stereocenters. The highest BCUT2D eigenvalue weighted by Crippen LogP contribution is 2.34. The molecular formula is C16H20N2O. The predicted octanol–water partition coefficient (Wildman–Crippen LogP) is 2.92. The summed E-state index contributed by atoms with van der Waals surface area (Å²) in [5.74, 6) is 0.587. The summed E-state index contributed by atoms with van der Waals surface area (Å²) in [4.78, 5) is 4.27. The quantitative estimate of drug-likeness (QED) is 0.917. The average molecular weight is 256 g/mol. The number of ether oxygens (including phenoxy) is 1. The van der Waals surface area contributed by atoms with Gasteiger partial charge in [-0.3, -0.25) is 4.98 Å². The number of fused-ring (bicyclic) bond motifs is 1. The molecule has 1 aromatic heterocycles. The molecule has 0 spiro atoms. The Hall–Kier alpha value is -1.45. The maximum atomic E-state index is 5.94. The molecule has 100 valence electrons. The smallest absolute Gasteiger partial charge is 0.0796 e. The van der Waals surface area contributed by atoms with Crippen molar-refractivity contribution >= 4 is 10.8 Å². The minimum Gasteiger partial charge on any atom is -0.376 e. The molecule has 1 aliphatic rings. The number of nitrogens with one attached hydrogen (secondary N) is 1. The predicted molar refractivity (Wildman–Crippen MR) is 77.1 cm³/mol. The lowest BCUT2D eigenvalue weighted by atomic mass is 9.90. The van der Waals surface area contributed by atoms with Crippen LogP contribution in [0, 0.1) is 5.92 Å². The second kappa shape index (κ2) is 5.27. The third-order valence-corrected chi connectivity index (χ3v) is 4.14. The molecule has 1 aromatic carbocycles. The topological polar surface area (TPSA) is 34.2 Å². The highest BCUT2D eigenvalue weighted by atomic mass is 16.5. The van der Waals surface area contributed by atoms with Gasteiger partial charge in [0.2, 0.25) is 0 Å². The van der Waals surface area contributed by atoms with Crippen LogP contribution < -0.4 is 5.32 Å². The lowest BCUT2D eigenvalue weighted by Gasteiger charge is -2.27. The minimum absolute atomic E-state index is 0.227. The van der Waals surface area contributed by atoms with Crippen LogP contribution in [0.15, 0.2) is 36.7 Å². The van der Waals surface area contributed by atoms with E-state index in [0.29, 0.717) is 5.92 Å². The van der Waals surface area contributed by atoms with Crippen molar-refractivity contribution < 1.29 is 4.74 Å². The molecule has 1 saturated heterocycles. The molecule has 3 nitrogen and oxygen atoms in total. The van der Waals surface area contributed by atoms with Crippen LogP contribution in [0.25, 0.3) is 10.8 Å². The maximum absolute atomic E-state index is 5.94. The van der Waals surface area contributed by atoms with Crippen LogP contribution in [0.5, 0.6) is 0 Å².